The molecule has 1 N–H and O–H groups in total. The van der Waals surface area contributed by atoms with Crippen LogP contribution >= 0.6 is 27.5 Å². The number of rotatable bonds is 5. The first kappa shape index (κ1) is 15.0. The number of hydrogen-bond donors (Lipinski definition) is 1. The van der Waals surface area contributed by atoms with Gasteiger partial charge in [-0.2, -0.15) is 4.98 Å². The van der Waals surface area contributed by atoms with Crippen molar-refractivity contribution in [2.24, 2.45) is 0 Å². The molecule has 0 aliphatic carbocycles. The Balaban J connectivity index is 1.73. The molecule has 0 saturated carbocycles. The van der Waals surface area contributed by atoms with Crippen molar-refractivity contribution in [1.29, 1.82) is 0 Å². The van der Waals surface area contributed by atoms with Crippen LogP contribution in [0.25, 0.3) is 0 Å². The van der Waals surface area contributed by atoms with Crippen LogP contribution in [0, 0.1) is 0 Å². The molecule has 0 spiro atoms. The van der Waals surface area contributed by atoms with Gasteiger partial charge in [0.2, 0.25) is 5.28 Å². The first-order chi connectivity index (χ1) is 9.16. The Morgan fingerprint density at radius 1 is 1.53 bits per heavy atom. The fraction of sp³-hybridized carbons (Fsp3) is 0.692. The summed E-state index contributed by atoms with van der Waals surface area (Å²) in [6.07, 6.45) is 6.83. The molecule has 1 atom stereocenters. The molecule has 2 heterocycles. The molecular formula is C13H20BrClN4. The van der Waals surface area contributed by atoms with Crippen LogP contribution < -0.4 is 5.32 Å². The lowest BCUT2D eigenvalue weighted by Gasteiger charge is -2.33. The average Bonchev–Trinajstić information content (AvgIpc) is 2.40. The molecule has 4 nitrogen and oxygen atoms in total. The maximum absolute atomic E-state index is 5.78. The minimum absolute atomic E-state index is 0.273. The zero-order chi connectivity index (χ0) is 13.7. The van der Waals surface area contributed by atoms with Gasteiger partial charge in [-0.1, -0.05) is 6.42 Å². The summed E-state index contributed by atoms with van der Waals surface area (Å²) in [5.74, 6) is 0.770. The molecule has 0 radical (unpaired) electrons. The van der Waals surface area contributed by atoms with Crippen LogP contribution in [-0.2, 0) is 0 Å². The van der Waals surface area contributed by atoms with Gasteiger partial charge in [-0.15, -0.1) is 0 Å². The zero-order valence-corrected chi connectivity index (χ0v) is 13.5. The zero-order valence-electron chi connectivity index (χ0n) is 11.2. The molecule has 0 bridgehead atoms. The van der Waals surface area contributed by atoms with E-state index in [1.807, 2.05) is 0 Å². The topological polar surface area (TPSA) is 41.0 Å². The van der Waals surface area contributed by atoms with Gasteiger partial charge >= 0.3 is 0 Å². The summed E-state index contributed by atoms with van der Waals surface area (Å²) in [6.45, 7) is 5.61. The predicted molar refractivity (Wildman–Crippen MR) is 82.7 cm³/mol. The van der Waals surface area contributed by atoms with Crippen molar-refractivity contribution in [3.05, 3.63) is 16.0 Å². The summed E-state index contributed by atoms with van der Waals surface area (Å²) in [5.41, 5.74) is 0. The number of likely N-dealkylation sites (tertiary alicyclic amines) is 1. The highest BCUT2D eigenvalue weighted by atomic mass is 79.9. The largest absolute Gasteiger partial charge is 0.369 e. The maximum atomic E-state index is 5.78. The summed E-state index contributed by atoms with van der Waals surface area (Å²) in [7, 11) is 0. The molecule has 1 aliphatic rings. The van der Waals surface area contributed by atoms with E-state index >= 15 is 0 Å². The number of nitrogens with zero attached hydrogens (tertiary/aromatic N) is 3. The van der Waals surface area contributed by atoms with Gasteiger partial charge in [0.1, 0.15) is 5.82 Å². The smallest absolute Gasteiger partial charge is 0.224 e. The maximum Gasteiger partial charge on any atom is 0.224 e. The van der Waals surface area contributed by atoms with Crippen LogP contribution in [0.15, 0.2) is 10.7 Å². The molecule has 1 saturated heterocycles. The molecule has 1 fully saturated rings. The van der Waals surface area contributed by atoms with Crippen molar-refractivity contribution in [3.63, 3.8) is 0 Å². The molecule has 106 valence electrons. The van der Waals surface area contributed by atoms with E-state index in [0.29, 0.717) is 0 Å². The third-order valence-corrected chi connectivity index (χ3v) is 4.33. The standard InChI is InChI=1S/C13H20BrClN4/c1-10-5-2-3-7-19(10)8-4-6-16-12-11(14)9-17-13(15)18-12/h9-10H,2-8H2,1H3,(H,16,17,18). The monoisotopic (exact) mass is 346 g/mol. The van der Waals surface area contributed by atoms with Crippen LogP contribution in [0.1, 0.15) is 32.6 Å². The second-order valence-corrected chi connectivity index (χ2v) is 6.19. The normalized spacial score (nSPS) is 20.5. The average molecular weight is 348 g/mol. The lowest BCUT2D eigenvalue weighted by molar-refractivity contribution is 0.160. The summed E-state index contributed by atoms with van der Waals surface area (Å²) in [4.78, 5) is 10.6. The van der Waals surface area contributed by atoms with Crippen molar-refractivity contribution >= 4 is 33.3 Å². The van der Waals surface area contributed by atoms with E-state index in [2.05, 4.69) is 43.0 Å². The number of halogens is 2. The van der Waals surface area contributed by atoms with Crippen molar-refractivity contribution in [2.45, 2.75) is 38.6 Å². The first-order valence-electron chi connectivity index (χ1n) is 6.83. The van der Waals surface area contributed by atoms with E-state index in [-0.39, 0.29) is 5.28 Å². The van der Waals surface area contributed by atoms with E-state index in [1.54, 1.807) is 6.20 Å². The molecule has 0 aromatic carbocycles. The number of aromatic nitrogens is 2. The van der Waals surface area contributed by atoms with Crippen molar-refractivity contribution in [2.75, 3.05) is 25.0 Å². The molecular weight excluding hydrogens is 328 g/mol. The lowest BCUT2D eigenvalue weighted by atomic mass is 10.0. The van der Waals surface area contributed by atoms with E-state index < -0.39 is 0 Å². The van der Waals surface area contributed by atoms with Crippen LogP contribution in [-0.4, -0.2) is 40.5 Å². The molecule has 2 rings (SSSR count). The SMILES string of the molecule is CC1CCCCN1CCCNc1nc(Cl)ncc1Br. The summed E-state index contributed by atoms with van der Waals surface area (Å²) < 4.78 is 0.850. The van der Waals surface area contributed by atoms with E-state index in [1.165, 1.54) is 25.8 Å². The highest BCUT2D eigenvalue weighted by molar-refractivity contribution is 9.10. The van der Waals surface area contributed by atoms with Gasteiger partial charge in [-0.25, -0.2) is 4.98 Å². The van der Waals surface area contributed by atoms with Crippen LogP contribution in [0.4, 0.5) is 5.82 Å². The fourth-order valence-electron chi connectivity index (χ4n) is 2.45. The summed E-state index contributed by atoms with van der Waals surface area (Å²) >= 11 is 9.19. The van der Waals surface area contributed by atoms with E-state index in [4.69, 9.17) is 11.6 Å². The molecule has 6 heteroatoms. The van der Waals surface area contributed by atoms with Gasteiger partial charge in [0, 0.05) is 25.3 Å². The minimum Gasteiger partial charge on any atom is -0.369 e. The highest BCUT2D eigenvalue weighted by Gasteiger charge is 2.17. The highest BCUT2D eigenvalue weighted by Crippen LogP contribution is 2.20. The predicted octanol–water partition coefficient (Wildman–Crippen LogP) is 3.57. The molecule has 1 unspecified atom stereocenters. The van der Waals surface area contributed by atoms with Gasteiger partial charge in [-0.05, 0) is 60.3 Å². The Morgan fingerprint density at radius 3 is 3.16 bits per heavy atom. The Labute approximate surface area is 128 Å². The quantitative estimate of drug-likeness (QED) is 0.653. The van der Waals surface area contributed by atoms with Crippen LogP contribution in [0.2, 0.25) is 5.28 Å². The first-order valence-corrected chi connectivity index (χ1v) is 8.00. The van der Waals surface area contributed by atoms with Crippen molar-refractivity contribution in [3.8, 4) is 0 Å². The number of nitrogens with one attached hydrogen (secondary N) is 1. The second-order valence-electron chi connectivity index (χ2n) is 5.00. The molecule has 1 aromatic rings. The van der Waals surface area contributed by atoms with E-state index in [0.717, 1.165) is 35.8 Å². The fourth-order valence-corrected chi connectivity index (χ4v) is 2.91. The summed E-state index contributed by atoms with van der Waals surface area (Å²) in [6, 6.07) is 0.731. The Morgan fingerprint density at radius 2 is 2.37 bits per heavy atom. The van der Waals surface area contributed by atoms with Gasteiger partial charge in [0.25, 0.3) is 0 Å². The Bertz CT molecular complexity index is 416. The second kappa shape index (κ2) is 7.41. The summed E-state index contributed by atoms with van der Waals surface area (Å²) in [5, 5.41) is 3.57. The van der Waals surface area contributed by atoms with Gasteiger partial charge in [0.15, 0.2) is 0 Å². The number of piperidine rings is 1. The van der Waals surface area contributed by atoms with Gasteiger partial charge in [0.05, 0.1) is 4.47 Å². The third kappa shape index (κ3) is 4.58. The van der Waals surface area contributed by atoms with Gasteiger partial charge < -0.3 is 10.2 Å². The molecule has 0 amide bonds. The number of anilines is 1. The Kier molecular flexibility index (Phi) is 5.85. The van der Waals surface area contributed by atoms with Crippen LogP contribution in [0.5, 0.6) is 0 Å². The Hall–Kier alpha value is -0.390. The third-order valence-electron chi connectivity index (χ3n) is 3.57. The molecule has 19 heavy (non-hydrogen) atoms. The molecule has 1 aliphatic heterocycles. The molecule has 1 aromatic heterocycles. The van der Waals surface area contributed by atoms with Crippen molar-refractivity contribution in [1.82, 2.24) is 14.9 Å². The number of hydrogen-bond acceptors (Lipinski definition) is 4. The van der Waals surface area contributed by atoms with Crippen molar-refractivity contribution < 1.29 is 0 Å². The van der Waals surface area contributed by atoms with Crippen LogP contribution in [0.3, 0.4) is 0 Å². The lowest BCUT2D eigenvalue weighted by Crippen LogP contribution is -2.38. The minimum atomic E-state index is 0.273. The van der Waals surface area contributed by atoms with Gasteiger partial charge in [-0.3, -0.25) is 0 Å². The van der Waals surface area contributed by atoms with E-state index in [9.17, 15) is 0 Å².